The molecule has 3 aromatic rings. The summed E-state index contributed by atoms with van der Waals surface area (Å²) in [6.07, 6.45) is 1.65. The zero-order valence-corrected chi connectivity index (χ0v) is 13.4. The van der Waals surface area contributed by atoms with Gasteiger partial charge in [0.1, 0.15) is 11.1 Å². The second-order valence-electron chi connectivity index (χ2n) is 4.49. The summed E-state index contributed by atoms with van der Waals surface area (Å²) in [5, 5.41) is 19.9. The molecule has 0 saturated carbocycles. The Labute approximate surface area is 140 Å². The second-order valence-corrected chi connectivity index (χ2v) is 6.33. The van der Waals surface area contributed by atoms with E-state index < -0.39 is 0 Å². The summed E-state index contributed by atoms with van der Waals surface area (Å²) in [6.45, 7) is 0. The first kappa shape index (κ1) is 14.9. The Hall–Kier alpha value is -2.06. The van der Waals surface area contributed by atoms with Crippen molar-refractivity contribution >= 4 is 56.4 Å². The van der Waals surface area contributed by atoms with Crippen LogP contribution in [0.5, 0.6) is 5.75 Å². The Kier molecular flexibility index (Phi) is 4.04. The third-order valence-electron chi connectivity index (χ3n) is 2.99. The summed E-state index contributed by atoms with van der Waals surface area (Å²) in [6, 6.07) is 12.9. The third kappa shape index (κ3) is 2.79. The van der Waals surface area contributed by atoms with Crippen LogP contribution in [0.3, 0.4) is 0 Å². The molecular formula is C16H8Cl2N2OS. The molecule has 0 amide bonds. The molecule has 108 valence electrons. The molecule has 0 aliphatic carbocycles. The molecule has 1 heterocycles. The van der Waals surface area contributed by atoms with Gasteiger partial charge in [-0.15, -0.1) is 11.3 Å². The molecule has 3 nitrogen and oxygen atoms in total. The average molecular weight is 347 g/mol. The molecule has 22 heavy (non-hydrogen) atoms. The highest BCUT2D eigenvalue weighted by atomic mass is 35.5. The van der Waals surface area contributed by atoms with Gasteiger partial charge >= 0.3 is 0 Å². The van der Waals surface area contributed by atoms with Gasteiger partial charge < -0.3 is 5.11 Å². The van der Waals surface area contributed by atoms with Gasteiger partial charge in [0.15, 0.2) is 5.75 Å². The third-order valence-corrected chi connectivity index (χ3v) is 4.64. The first-order valence-electron chi connectivity index (χ1n) is 6.24. The Morgan fingerprint density at radius 1 is 1.23 bits per heavy atom. The van der Waals surface area contributed by atoms with Crippen LogP contribution in [0.25, 0.3) is 21.9 Å². The lowest BCUT2D eigenvalue weighted by molar-refractivity contribution is 0.476. The number of hydrogen-bond acceptors (Lipinski definition) is 4. The molecule has 2 aromatic carbocycles. The number of phenolic OH excluding ortho intramolecular Hbond substituents is 1. The van der Waals surface area contributed by atoms with E-state index in [1.54, 1.807) is 18.2 Å². The lowest BCUT2D eigenvalue weighted by Gasteiger charge is -2.02. The first-order valence-corrected chi connectivity index (χ1v) is 7.81. The minimum atomic E-state index is -0.168. The molecule has 0 unspecified atom stereocenters. The number of fused-ring (bicyclic) bond motifs is 1. The van der Waals surface area contributed by atoms with Crippen LogP contribution in [0.1, 0.15) is 10.6 Å². The van der Waals surface area contributed by atoms with Crippen molar-refractivity contribution in [1.82, 2.24) is 4.98 Å². The normalized spacial score (nSPS) is 11.6. The molecule has 0 bridgehead atoms. The van der Waals surface area contributed by atoms with E-state index >= 15 is 0 Å². The zero-order valence-electron chi connectivity index (χ0n) is 11.0. The van der Waals surface area contributed by atoms with E-state index in [0.717, 1.165) is 10.2 Å². The number of hydrogen-bond donors (Lipinski definition) is 1. The summed E-state index contributed by atoms with van der Waals surface area (Å²) in [5.41, 5.74) is 1.90. The Balaban J connectivity index is 2.09. The fourth-order valence-corrected chi connectivity index (χ4v) is 3.40. The maximum absolute atomic E-state index is 9.57. The van der Waals surface area contributed by atoms with Gasteiger partial charge in [-0.05, 0) is 35.9 Å². The number of para-hydroxylation sites is 1. The molecule has 0 saturated heterocycles. The number of nitrogens with zero attached hydrogens (tertiary/aromatic N) is 2. The largest absolute Gasteiger partial charge is 0.505 e. The van der Waals surface area contributed by atoms with E-state index in [-0.39, 0.29) is 15.8 Å². The SMILES string of the molecule is N#CC(=Cc1cc(Cl)c(O)c(Cl)c1)c1nc2ccccc2s1. The number of phenols is 1. The number of aromatic hydroxyl groups is 1. The van der Waals surface area contributed by atoms with Crippen LogP contribution in [-0.2, 0) is 0 Å². The molecule has 1 N–H and O–H groups in total. The van der Waals surface area contributed by atoms with Crippen molar-refractivity contribution in [3.8, 4) is 11.8 Å². The summed E-state index contributed by atoms with van der Waals surface area (Å²) in [5.74, 6) is -0.168. The van der Waals surface area contributed by atoms with Gasteiger partial charge in [-0.3, -0.25) is 0 Å². The van der Waals surface area contributed by atoms with Crippen LogP contribution in [-0.4, -0.2) is 10.1 Å². The molecule has 0 spiro atoms. The predicted molar refractivity (Wildman–Crippen MR) is 91.2 cm³/mol. The van der Waals surface area contributed by atoms with E-state index in [0.29, 0.717) is 16.1 Å². The number of allylic oxidation sites excluding steroid dienone is 1. The molecule has 0 atom stereocenters. The Morgan fingerprint density at radius 2 is 1.91 bits per heavy atom. The number of aromatic nitrogens is 1. The fraction of sp³-hybridized carbons (Fsp3) is 0. The molecule has 1 aromatic heterocycles. The minimum Gasteiger partial charge on any atom is -0.505 e. The van der Waals surface area contributed by atoms with Gasteiger partial charge in [0.25, 0.3) is 0 Å². The molecule has 0 aliphatic heterocycles. The number of nitriles is 1. The van der Waals surface area contributed by atoms with Crippen LogP contribution >= 0.6 is 34.5 Å². The van der Waals surface area contributed by atoms with Crippen molar-refractivity contribution in [2.24, 2.45) is 0 Å². The number of rotatable bonds is 2. The molecular weight excluding hydrogens is 339 g/mol. The van der Waals surface area contributed by atoms with Gasteiger partial charge in [0.2, 0.25) is 0 Å². The highest BCUT2D eigenvalue weighted by Gasteiger charge is 2.10. The van der Waals surface area contributed by atoms with E-state index in [2.05, 4.69) is 11.1 Å². The van der Waals surface area contributed by atoms with E-state index in [1.165, 1.54) is 11.3 Å². The summed E-state index contributed by atoms with van der Waals surface area (Å²) < 4.78 is 1.01. The highest BCUT2D eigenvalue weighted by Crippen LogP contribution is 2.34. The van der Waals surface area contributed by atoms with Crippen molar-refractivity contribution < 1.29 is 5.11 Å². The van der Waals surface area contributed by atoms with Crippen molar-refractivity contribution in [2.45, 2.75) is 0 Å². The average Bonchev–Trinajstić information content (AvgIpc) is 2.93. The molecule has 0 fully saturated rings. The zero-order chi connectivity index (χ0) is 15.7. The molecule has 0 aliphatic rings. The fourth-order valence-electron chi connectivity index (χ4n) is 1.96. The van der Waals surface area contributed by atoms with Gasteiger partial charge in [-0.2, -0.15) is 5.26 Å². The summed E-state index contributed by atoms with van der Waals surface area (Å²) in [4.78, 5) is 4.45. The Bertz CT molecular complexity index is 885. The van der Waals surface area contributed by atoms with Crippen LogP contribution in [0.4, 0.5) is 0 Å². The van der Waals surface area contributed by atoms with Crippen LogP contribution in [0.15, 0.2) is 36.4 Å². The molecule has 0 radical (unpaired) electrons. The van der Waals surface area contributed by atoms with Gasteiger partial charge in [-0.1, -0.05) is 35.3 Å². The van der Waals surface area contributed by atoms with Gasteiger partial charge in [0.05, 0.1) is 25.8 Å². The van der Waals surface area contributed by atoms with Crippen molar-refractivity contribution in [3.63, 3.8) is 0 Å². The lowest BCUT2D eigenvalue weighted by atomic mass is 10.1. The van der Waals surface area contributed by atoms with Crippen molar-refractivity contribution in [1.29, 1.82) is 5.26 Å². The standard InChI is InChI=1S/C16H8Cl2N2OS/c17-11-6-9(7-12(18)15(11)21)5-10(8-19)16-20-13-3-1-2-4-14(13)22-16/h1-7,21H. The van der Waals surface area contributed by atoms with E-state index in [1.807, 2.05) is 24.3 Å². The first-order chi connectivity index (χ1) is 10.6. The summed E-state index contributed by atoms with van der Waals surface area (Å²) in [7, 11) is 0. The predicted octanol–water partition coefficient (Wildman–Crippen LogP) is 5.37. The maximum atomic E-state index is 9.57. The minimum absolute atomic E-state index is 0.139. The second kappa shape index (κ2) is 5.98. The molecule has 3 rings (SSSR count). The smallest absolute Gasteiger partial charge is 0.152 e. The maximum Gasteiger partial charge on any atom is 0.152 e. The van der Waals surface area contributed by atoms with Crippen LogP contribution in [0.2, 0.25) is 10.0 Å². The topological polar surface area (TPSA) is 56.9 Å². The van der Waals surface area contributed by atoms with Crippen molar-refractivity contribution in [2.75, 3.05) is 0 Å². The van der Waals surface area contributed by atoms with Gasteiger partial charge in [0, 0.05) is 0 Å². The van der Waals surface area contributed by atoms with Crippen molar-refractivity contribution in [3.05, 3.63) is 57.0 Å². The number of benzene rings is 2. The van der Waals surface area contributed by atoms with E-state index in [9.17, 15) is 10.4 Å². The van der Waals surface area contributed by atoms with E-state index in [4.69, 9.17) is 23.2 Å². The summed E-state index contributed by atoms with van der Waals surface area (Å²) >= 11 is 13.2. The quantitative estimate of drug-likeness (QED) is 0.634. The van der Waals surface area contributed by atoms with Crippen LogP contribution in [0, 0.1) is 11.3 Å². The molecule has 6 heteroatoms. The Morgan fingerprint density at radius 3 is 2.55 bits per heavy atom. The lowest BCUT2D eigenvalue weighted by Crippen LogP contribution is -1.82. The monoisotopic (exact) mass is 346 g/mol. The van der Waals surface area contributed by atoms with Gasteiger partial charge in [-0.25, -0.2) is 4.98 Å². The number of thiazole rings is 1. The van der Waals surface area contributed by atoms with Crippen LogP contribution < -0.4 is 0 Å². The highest BCUT2D eigenvalue weighted by molar-refractivity contribution is 7.19. The number of halogens is 2.